The van der Waals surface area contributed by atoms with E-state index in [-0.39, 0.29) is 0 Å². The molecule has 1 atom stereocenters. The Bertz CT molecular complexity index is 734. The third kappa shape index (κ3) is 3.10. The number of nitrogens with one attached hydrogen (secondary N) is 1. The van der Waals surface area contributed by atoms with Crippen molar-refractivity contribution < 1.29 is 19.2 Å². The SMILES string of the molecule is COC(=O)N[C@](C)(C(=O)On1nnc2ccccc21)C(C)(C)C. The Morgan fingerprint density at radius 2 is 1.83 bits per heavy atom. The molecule has 1 aromatic heterocycles. The number of hydrogen-bond acceptors (Lipinski definition) is 6. The summed E-state index contributed by atoms with van der Waals surface area (Å²) in [5.74, 6) is -0.675. The molecule has 0 aliphatic rings. The van der Waals surface area contributed by atoms with E-state index in [1.54, 1.807) is 31.2 Å². The second-order valence-electron chi connectivity index (χ2n) is 6.32. The maximum Gasteiger partial charge on any atom is 0.407 e. The predicted molar refractivity (Wildman–Crippen MR) is 82.5 cm³/mol. The number of aromatic nitrogens is 3. The fourth-order valence-electron chi connectivity index (χ4n) is 1.88. The van der Waals surface area contributed by atoms with E-state index in [0.717, 1.165) is 4.85 Å². The molecule has 8 nitrogen and oxygen atoms in total. The Balaban J connectivity index is 2.33. The van der Waals surface area contributed by atoms with Crippen molar-refractivity contribution in [2.45, 2.75) is 33.2 Å². The molecule has 1 heterocycles. The summed E-state index contributed by atoms with van der Waals surface area (Å²) in [6, 6.07) is 7.07. The van der Waals surface area contributed by atoms with Crippen LogP contribution in [0.4, 0.5) is 4.79 Å². The Kier molecular flexibility index (Phi) is 4.26. The summed E-state index contributed by atoms with van der Waals surface area (Å²) in [5.41, 5.74) is -0.809. The van der Waals surface area contributed by atoms with Gasteiger partial charge in [-0.05, 0) is 29.7 Å². The quantitative estimate of drug-likeness (QED) is 0.862. The maximum atomic E-state index is 12.7. The molecular weight excluding hydrogens is 300 g/mol. The van der Waals surface area contributed by atoms with Crippen LogP contribution in [0.15, 0.2) is 24.3 Å². The Morgan fingerprint density at radius 1 is 1.17 bits per heavy atom. The van der Waals surface area contributed by atoms with Gasteiger partial charge in [0.05, 0.1) is 7.11 Å². The first-order valence-corrected chi connectivity index (χ1v) is 7.08. The summed E-state index contributed by atoms with van der Waals surface area (Å²) in [6.45, 7) is 7.00. The largest absolute Gasteiger partial charge is 0.453 e. The third-order valence-corrected chi connectivity index (χ3v) is 3.94. The van der Waals surface area contributed by atoms with E-state index in [9.17, 15) is 9.59 Å². The first kappa shape index (κ1) is 16.7. The van der Waals surface area contributed by atoms with Crippen LogP contribution in [0.25, 0.3) is 11.0 Å². The average molecular weight is 320 g/mol. The molecule has 0 bridgehead atoms. The molecule has 1 aromatic carbocycles. The van der Waals surface area contributed by atoms with Crippen molar-refractivity contribution in [2.24, 2.45) is 5.41 Å². The highest BCUT2D eigenvalue weighted by Crippen LogP contribution is 2.31. The van der Waals surface area contributed by atoms with Gasteiger partial charge >= 0.3 is 12.1 Å². The number of methoxy groups -OCH3 is 1. The van der Waals surface area contributed by atoms with Gasteiger partial charge in [0.1, 0.15) is 16.6 Å². The highest BCUT2D eigenvalue weighted by Gasteiger charge is 2.48. The number of fused-ring (bicyclic) bond motifs is 1. The van der Waals surface area contributed by atoms with Crippen molar-refractivity contribution in [3.63, 3.8) is 0 Å². The Morgan fingerprint density at radius 3 is 2.43 bits per heavy atom. The lowest BCUT2D eigenvalue weighted by Gasteiger charge is -2.38. The number of carbonyl (C=O) groups is 2. The van der Waals surface area contributed by atoms with Gasteiger partial charge < -0.3 is 14.9 Å². The summed E-state index contributed by atoms with van der Waals surface area (Å²) >= 11 is 0. The number of nitrogens with zero attached hydrogens (tertiary/aromatic N) is 3. The maximum absolute atomic E-state index is 12.7. The number of ether oxygens (including phenoxy) is 1. The van der Waals surface area contributed by atoms with E-state index >= 15 is 0 Å². The van der Waals surface area contributed by atoms with Gasteiger partial charge in [-0.15, -0.1) is 5.10 Å². The minimum Gasteiger partial charge on any atom is -0.453 e. The highest BCUT2D eigenvalue weighted by molar-refractivity contribution is 5.87. The number of carbonyl (C=O) groups excluding carboxylic acids is 2. The van der Waals surface area contributed by atoms with Crippen molar-refractivity contribution in [1.29, 1.82) is 0 Å². The molecule has 0 unspecified atom stereocenters. The fraction of sp³-hybridized carbons (Fsp3) is 0.467. The van der Waals surface area contributed by atoms with Crippen LogP contribution in [0.3, 0.4) is 0 Å². The smallest absolute Gasteiger partial charge is 0.407 e. The standard InChI is InChI=1S/C15H20N4O4/c1-14(2,3)15(4,16-13(21)22-5)12(20)23-19-11-9-7-6-8-10(11)17-18-19/h6-9H,1-5H3,(H,16,21)/t15-/m1/s1. The molecular formula is C15H20N4O4. The van der Waals surface area contributed by atoms with Gasteiger partial charge in [0.15, 0.2) is 0 Å². The lowest BCUT2D eigenvalue weighted by molar-refractivity contribution is -0.157. The molecule has 2 rings (SSSR count). The van der Waals surface area contributed by atoms with Crippen LogP contribution in [-0.2, 0) is 9.53 Å². The normalized spacial score (nSPS) is 14.1. The highest BCUT2D eigenvalue weighted by atomic mass is 16.7. The molecule has 124 valence electrons. The average Bonchev–Trinajstić information content (AvgIpc) is 2.89. The first-order chi connectivity index (χ1) is 10.7. The zero-order chi connectivity index (χ0) is 17.3. The van der Waals surface area contributed by atoms with Crippen molar-refractivity contribution >= 4 is 23.1 Å². The lowest BCUT2D eigenvalue weighted by Crippen LogP contribution is -2.62. The van der Waals surface area contributed by atoms with Gasteiger partial charge in [-0.3, -0.25) is 0 Å². The molecule has 0 fully saturated rings. The van der Waals surface area contributed by atoms with Gasteiger partial charge in [-0.1, -0.05) is 37.7 Å². The first-order valence-electron chi connectivity index (χ1n) is 7.08. The van der Waals surface area contributed by atoms with Gasteiger partial charge in [0, 0.05) is 0 Å². The number of para-hydroxylation sites is 1. The predicted octanol–water partition coefficient (Wildman–Crippen LogP) is 1.55. The topological polar surface area (TPSA) is 95.3 Å². The van der Waals surface area contributed by atoms with E-state index in [1.807, 2.05) is 20.8 Å². The zero-order valence-electron chi connectivity index (χ0n) is 13.8. The molecule has 0 radical (unpaired) electrons. The van der Waals surface area contributed by atoms with E-state index in [4.69, 9.17) is 4.84 Å². The van der Waals surface area contributed by atoms with Crippen LogP contribution < -0.4 is 10.2 Å². The van der Waals surface area contributed by atoms with Gasteiger partial charge in [0.2, 0.25) is 0 Å². The second-order valence-corrected chi connectivity index (χ2v) is 6.32. The molecule has 8 heteroatoms. The Labute approximate surface area is 133 Å². The van der Waals surface area contributed by atoms with Crippen LogP contribution in [0.5, 0.6) is 0 Å². The summed E-state index contributed by atoms with van der Waals surface area (Å²) in [6.07, 6.45) is -0.720. The molecule has 2 aromatic rings. The van der Waals surface area contributed by atoms with Gasteiger partial charge in [-0.25, -0.2) is 9.59 Å². The monoisotopic (exact) mass is 320 g/mol. The molecule has 0 spiro atoms. The minimum atomic E-state index is -1.33. The van der Waals surface area contributed by atoms with Crippen molar-refractivity contribution in [2.75, 3.05) is 7.11 Å². The zero-order valence-corrected chi connectivity index (χ0v) is 13.8. The molecule has 1 N–H and O–H groups in total. The van der Waals surface area contributed by atoms with Gasteiger partial charge in [-0.2, -0.15) is 0 Å². The van der Waals surface area contributed by atoms with Crippen LogP contribution in [0, 0.1) is 5.41 Å². The number of rotatable bonds is 3. The second kappa shape index (κ2) is 5.86. The molecule has 0 aliphatic carbocycles. The minimum absolute atomic E-state index is 0.551. The van der Waals surface area contributed by atoms with Crippen LogP contribution >= 0.6 is 0 Å². The summed E-state index contributed by atoms with van der Waals surface area (Å²) in [4.78, 5) is 30.7. The van der Waals surface area contributed by atoms with Crippen LogP contribution in [-0.4, -0.2) is 39.9 Å². The Hall–Kier alpha value is -2.64. The van der Waals surface area contributed by atoms with E-state index in [2.05, 4.69) is 20.4 Å². The van der Waals surface area contributed by atoms with Crippen molar-refractivity contribution in [3.05, 3.63) is 24.3 Å². The van der Waals surface area contributed by atoms with Crippen LogP contribution in [0.2, 0.25) is 0 Å². The third-order valence-electron chi connectivity index (χ3n) is 3.94. The lowest BCUT2D eigenvalue weighted by atomic mass is 9.75. The summed E-state index contributed by atoms with van der Waals surface area (Å²) in [5, 5.41) is 10.3. The number of alkyl carbamates (subject to hydrolysis) is 1. The number of hydrogen-bond donors (Lipinski definition) is 1. The van der Waals surface area contributed by atoms with Gasteiger partial charge in [0.25, 0.3) is 0 Å². The molecule has 0 saturated heterocycles. The van der Waals surface area contributed by atoms with Crippen LogP contribution in [0.1, 0.15) is 27.7 Å². The van der Waals surface area contributed by atoms with Crippen molar-refractivity contribution in [3.8, 4) is 0 Å². The fourth-order valence-corrected chi connectivity index (χ4v) is 1.88. The molecule has 1 amide bonds. The summed E-state index contributed by atoms with van der Waals surface area (Å²) < 4.78 is 4.60. The van der Waals surface area contributed by atoms with E-state index in [0.29, 0.717) is 11.0 Å². The van der Waals surface area contributed by atoms with E-state index in [1.165, 1.54) is 7.11 Å². The van der Waals surface area contributed by atoms with Crippen molar-refractivity contribution in [1.82, 2.24) is 20.5 Å². The van der Waals surface area contributed by atoms with E-state index < -0.39 is 23.0 Å². The number of benzene rings is 1. The molecule has 23 heavy (non-hydrogen) atoms. The number of amides is 1. The molecule has 0 aliphatic heterocycles. The summed E-state index contributed by atoms with van der Waals surface area (Å²) in [7, 11) is 1.23. The molecule has 0 saturated carbocycles.